The fourth-order valence-corrected chi connectivity index (χ4v) is 6.73. The van der Waals surface area contributed by atoms with Gasteiger partial charge in [0.1, 0.15) is 11.5 Å². The summed E-state index contributed by atoms with van der Waals surface area (Å²) in [6, 6.07) is 14.7. The van der Waals surface area contributed by atoms with Crippen LogP contribution in [0.5, 0.6) is 11.5 Å². The minimum Gasteiger partial charge on any atom is -0.508 e. The predicted molar refractivity (Wildman–Crippen MR) is 148 cm³/mol. The molecule has 0 unspecified atom stereocenters. The van der Waals surface area contributed by atoms with Gasteiger partial charge in [0.25, 0.3) is 0 Å². The summed E-state index contributed by atoms with van der Waals surface area (Å²) >= 11 is 0. The van der Waals surface area contributed by atoms with Crippen molar-refractivity contribution in [3.63, 3.8) is 0 Å². The zero-order valence-electron chi connectivity index (χ0n) is 22.2. The van der Waals surface area contributed by atoms with E-state index in [1.54, 1.807) is 5.57 Å². The van der Waals surface area contributed by atoms with E-state index in [2.05, 4.69) is 30.3 Å². The van der Waals surface area contributed by atoms with Gasteiger partial charge in [-0.05, 0) is 123 Å². The van der Waals surface area contributed by atoms with Gasteiger partial charge in [0.05, 0.1) is 12.8 Å². The molecule has 0 atom stereocenters. The third-order valence-electron chi connectivity index (χ3n) is 8.77. The highest BCUT2D eigenvalue weighted by molar-refractivity contribution is 5.85. The third kappa shape index (κ3) is 6.76. The van der Waals surface area contributed by atoms with Crippen molar-refractivity contribution >= 4 is 5.57 Å². The molecular formula is C33H43FO3. The molecule has 2 aromatic rings. The highest BCUT2D eigenvalue weighted by Gasteiger charge is 2.27. The van der Waals surface area contributed by atoms with Crippen LogP contribution in [0.3, 0.4) is 0 Å². The molecule has 1 saturated carbocycles. The van der Waals surface area contributed by atoms with E-state index in [1.165, 1.54) is 41.5 Å². The van der Waals surface area contributed by atoms with E-state index in [0.29, 0.717) is 17.8 Å². The quantitative estimate of drug-likeness (QED) is 0.347. The van der Waals surface area contributed by atoms with Gasteiger partial charge in [0, 0.05) is 13.2 Å². The number of hydrogen-bond acceptors (Lipinski definition) is 3. The number of alkyl halides is 1. The number of aryl methyl sites for hydroxylation is 1. The first-order valence-corrected chi connectivity index (χ1v) is 14.7. The second kappa shape index (κ2) is 13.0. The first-order valence-electron chi connectivity index (χ1n) is 14.7. The van der Waals surface area contributed by atoms with Crippen LogP contribution >= 0.6 is 0 Å². The molecule has 1 N–H and O–H groups in total. The number of phenolic OH excluding ortho intramolecular Hbond substituents is 1. The molecule has 0 amide bonds. The Hall–Kier alpha value is -2.33. The Labute approximate surface area is 222 Å². The van der Waals surface area contributed by atoms with Crippen LogP contribution < -0.4 is 4.74 Å². The summed E-state index contributed by atoms with van der Waals surface area (Å²) in [4.78, 5) is 0. The average Bonchev–Trinajstić information content (AvgIpc) is 3.12. The average molecular weight is 507 g/mol. The van der Waals surface area contributed by atoms with Gasteiger partial charge in [-0.1, -0.05) is 43.0 Å². The van der Waals surface area contributed by atoms with E-state index in [1.807, 2.05) is 12.1 Å². The van der Waals surface area contributed by atoms with E-state index in [9.17, 15) is 9.50 Å². The van der Waals surface area contributed by atoms with E-state index in [0.717, 1.165) is 89.1 Å². The standard InChI is InChI=1S/C33H43FO3/c34-20-3-1-2-5-24-8-13-29(14-9-24)37-30-15-10-26(11-16-30)33-31(25-18-21-36-22-19-25)7-4-6-27-23-28(35)12-17-32(27)33/h10-12,15-17,23-25,29,35H,1-9,13-14,18-22H2. The molecule has 0 bridgehead atoms. The van der Waals surface area contributed by atoms with Crippen molar-refractivity contribution in [1.82, 2.24) is 0 Å². The smallest absolute Gasteiger partial charge is 0.119 e. The van der Waals surface area contributed by atoms with Crippen molar-refractivity contribution in [3.8, 4) is 11.5 Å². The van der Waals surface area contributed by atoms with Gasteiger partial charge < -0.3 is 14.6 Å². The molecule has 2 aromatic carbocycles. The molecule has 3 nitrogen and oxygen atoms in total. The Morgan fingerprint density at radius 1 is 0.865 bits per heavy atom. The molecule has 1 heterocycles. The summed E-state index contributed by atoms with van der Waals surface area (Å²) in [5.74, 6) is 2.66. The Balaban J connectivity index is 1.30. The zero-order valence-corrected chi connectivity index (χ0v) is 22.2. The normalized spacial score (nSPS) is 22.9. The van der Waals surface area contributed by atoms with Crippen molar-refractivity contribution < 1.29 is 19.0 Å². The Bertz CT molecular complexity index is 1030. The van der Waals surface area contributed by atoms with Gasteiger partial charge in [0.2, 0.25) is 0 Å². The van der Waals surface area contributed by atoms with Gasteiger partial charge >= 0.3 is 0 Å². The maximum atomic E-state index is 12.3. The zero-order chi connectivity index (χ0) is 25.5. The van der Waals surface area contributed by atoms with Gasteiger partial charge in [0.15, 0.2) is 0 Å². The lowest BCUT2D eigenvalue weighted by Crippen LogP contribution is -2.24. The van der Waals surface area contributed by atoms with Crippen LogP contribution in [-0.4, -0.2) is 31.1 Å². The monoisotopic (exact) mass is 506 g/mol. The molecule has 1 aliphatic heterocycles. The number of rotatable bonds is 9. The number of fused-ring (bicyclic) bond motifs is 1. The summed E-state index contributed by atoms with van der Waals surface area (Å²) in [6.07, 6.45) is 14.5. The number of benzene rings is 2. The number of unbranched alkanes of at least 4 members (excludes halogenated alkanes) is 2. The summed E-state index contributed by atoms with van der Waals surface area (Å²) in [6.45, 7) is 1.51. The van der Waals surface area contributed by atoms with Gasteiger partial charge in [-0.25, -0.2) is 0 Å². The maximum Gasteiger partial charge on any atom is 0.119 e. The highest BCUT2D eigenvalue weighted by Crippen LogP contribution is 2.42. The maximum absolute atomic E-state index is 12.3. The molecule has 0 radical (unpaired) electrons. The van der Waals surface area contributed by atoms with Crippen LogP contribution in [0.1, 0.15) is 93.7 Å². The molecule has 2 fully saturated rings. The van der Waals surface area contributed by atoms with E-state index >= 15 is 0 Å². The number of halogens is 1. The fraction of sp³-hybridized carbons (Fsp3) is 0.576. The van der Waals surface area contributed by atoms with Crippen molar-refractivity contribution in [2.45, 2.75) is 89.6 Å². The molecule has 1 saturated heterocycles. The number of phenols is 1. The molecule has 200 valence electrons. The number of ether oxygens (including phenoxy) is 2. The summed E-state index contributed by atoms with van der Waals surface area (Å²) in [5, 5.41) is 10.2. The lowest BCUT2D eigenvalue weighted by atomic mass is 9.81. The van der Waals surface area contributed by atoms with Gasteiger partial charge in [-0.3, -0.25) is 4.39 Å². The molecule has 0 aromatic heterocycles. The fourth-order valence-electron chi connectivity index (χ4n) is 6.73. The summed E-state index contributed by atoms with van der Waals surface area (Å²) in [5.41, 5.74) is 6.69. The molecule has 5 rings (SSSR count). The van der Waals surface area contributed by atoms with Crippen LogP contribution in [0.15, 0.2) is 48.0 Å². The Morgan fingerprint density at radius 3 is 2.41 bits per heavy atom. The van der Waals surface area contributed by atoms with Gasteiger partial charge in [-0.15, -0.1) is 0 Å². The predicted octanol–water partition coefficient (Wildman–Crippen LogP) is 8.42. The number of aromatic hydroxyl groups is 1. The highest BCUT2D eigenvalue weighted by atomic mass is 19.1. The Morgan fingerprint density at radius 2 is 1.65 bits per heavy atom. The van der Waals surface area contributed by atoms with E-state index < -0.39 is 0 Å². The second-order valence-electron chi connectivity index (χ2n) is 11.3. The molecule has 37 heavy (non-hydrogen) atoms. The van der Waals surface area contributed by atoms with Crippen LogP contribution in [-0.2, 0) is 11.2 Å². The van der Waals surface area contributed by atoms with Crippen LogP contribution in [0.2, 0.25) is 0 Å². The first kappa shape index (κ1) is 26.3. The largest absolute Gasteiger partial charge is 0.508 e. The molecular weight excluding hydrogens is 463 g/mol. The first-order chi connectivity index (χ1) is 18.2. The van der Waals surface area contributed by atoms with Crippen LogP contribution in [0.4, 0.5) is 4.39 Å². The van der Waals surface area contributed by atoms with Crippen molar-refractivity contribution in [3.05, 3.63) is 64.7 Å². The van der Waals surface area contributed by atoms with E-state index in [-0.39, 0.29) is 6.67 Å². The lowest BCUT2D eigenvalue weighted by Gasteiger charge is -2.29. The van der Waals surface area contributed by atoms with Crippen LogP contribution in [0.25, 0.3) is 5.57 Å². The second-order valence-corrected chi connectivity index (χ2v) is 11.3. The van der Waals surface area contributed by atoms with Crippen molar-refractivity contribution in [1.29, 1.82) is 0 Å². The molecule has 3 aliphatic rings. The van der Waals surface area contributed by atoms with Crippen LogP contribution in [0, 0.1) is 11.8 Å². The lowest BCUT2D eigenvalue weighted by molar-refractivity contribution is 0.0751. The molecule has 2 aliphatic carbocycles. The topological polar surface area (TPSA) is 38.7 Å². The molecule has 0 spiro atoms. The third-order valence-corrected chi connectivity index (χ3v) is 8.77. The SMILES string of the molecule is Oc1ccc2c(c1)CCCC(C1CCOCC1)=C2c1ccc(OC2CCC(CCCCCF)CC2)cc1. The van der Waals surface area contributed by atoms with Gasteiger partial charge in [-0.2, -0.15) is 0 Å². The summed E-state index contributed by atoms with van der Waals surface area (Å²) < 4.78 is 24.4. The minimum absolute atomic E-state index is 0.177. The number of hydrogen-bond donors (Lipinski definition) is 1. The summed E-state index contributed by atoms with van der Waals surface area (Å²) in [7, 11) is 0. The number of allylic oxidation sites excluding steroid dienone is 1. The minimum atomic E-state index is -0.177. The Kier molecular flexibility index (Phi) is 9.20. The van der Waals surface area contributed by atoms with Crippen molar-refractivity contribution in [2.75, 3.05) is 19.9 Å². The molecule has 4 heteroatoms. The van der Waals surface area contributed by atoms with Crippen molar-refractivity contribution in [2.24, 2.45) is 11.8 Å². The van der Waals surface area contributed by atoms with E-state index in [4.69, 9.17) is 9.47 Å².